The number of ether oxygens (including phenoxy) is 1. The molecule has 0 atom stereocenters. The molecular weight excluding hydrogens is 248 g/mol. The van der Waals surface area contributed by atoms with Crippen molar-refractivity contribution in [1.29, 1.82) is 0 Å². The van der Waals surface area contributed by atoms with Crippen molar-refractivity contribution in [2.75, 3.05) is 0 Å². The van der Waals surface area contributed by atoms with Crippen molar-refractivity contribution in [2.24, 2.45) is 0 Å². The summed E-state index contributed by atoms with van der Waals surface area (Å²) in [5.74, 6) is 1.46. The summed E-state index contributed by atoms with van der Waals surface area (Å²) < 4.78 is 5.86. The van der Waals surface area contributed by atoms with Gasteiger partial charge in [-0.3, -0.25) is 0 Å². The Kier molecular flexibility index (Phi) is 4.24. The lowest BCUT2D eigenvalue weighted by Gasteiger charge is -2.12. The molecule has 2 rings (SSSR count). The van der Waals surface area contributed by atoms with E-state index in [1.807, 2.05) is 24.3 Å². The van der Waals surface area contributed by atoms with Crippen molar-refractivity contribution in [2.45, 2.75) is 20.0 Å². The van der Waals surface area contributed by atoms with Crippen LogP contribution in [-0.2, 0) is 13.0 Å². The average molecular weight is 263 g/mol. The number of aliphatic hydroxyl groups excluding tert-OH is 1. The van der Waals surface area contributed by atoms with Crippen LogP contribution in [0.4, 0.5) is 0 Å². The molecule has 94 valence electrons. The van der Waals surface area contributed by atoms with E-state index < -0.39 is 0 Å². The third-order valence-corrected chi connectivity index (χ3v) is 3.00. The highest BCUT2D eigenvalue weighted by Crippen LogP contribution is 2.30. The minimum Gasteiger partial charge on any atom is -0.457 e. The zero-order chi connectivity index (χ0) is 13.0. The largest absolute Gasteiger partial charge is 0.457 e. The van der Waals surface area contributed by atoms with Gasteiger partial charge in [0.1, 0.15) is 11.5 Å². The van der Waals surface area contributed by atoms with Crippen molar-refractivity contribution in [3.8, 4) is 11.5 Å². The van der Waals surface area contributed by atoms with Crippen LogP contribution in [0, 0.1) is 0 Å². The fourth-order valence-electron chi connectivity index (χ4n) is 1.79. The summed E-state index contributed by atoms with van der Waals surface area (Å²) in [7, 11) is 0. The van der Waals surface area contributed by atoms with E-state index in [-0.39, 0.29) is 6.61 Å². The molecule has 0 amide bonds. The van der Waals surface area contributed by atoms with E-state index in [1.54, 1.807) is 18.2 Å². The predicted octanol–water partition coefficient (Wildman–Crippen LogP) is 4.19. The zero-order valence-corrected chi connectivity index (χ0v) is 10.9. The van der Waals surface area contributed by atoms with Crippen LogP contribution in [-0.4, -0.2) is 5.11 Å². The van der Waals surface area contributed by atoms with Crippen molar-refractivity contribution < 1.29 is 9.84 Å². The summed E-state index contributed by atoms with van der Waals surface area (Å²) in [6, 6.07) is 13.1. The van der Waals surface area contributed by atoms with Crippen molar-refractivity contribution in [3.63, 3.8) is 0 Å². The van der Waals surface area contributed by atoms with Crippen LogP contribution in [0.25, 0.3) is 0 Å². The molecule has 0 aromatic heterocycles. The summed E-state index contributed by atoms with van der Waals surface area (Å²) in [6.07, 6.45) is 0.901. The normalized spacial score (nSPS) is 10.4. The third-order valence-electron chi connectivity index (χ3n) is 2.77. The van der Waals surface area contributed by atoms with Crippen LogP contribution in [0.1, 0.15) is 18.1 Å². The Hall–Kier alpha value is -1.51. The Bertz CT molecular complexity index is 538. The van der Waals surface area contributed by atoms with Crippen molar-refractivity contribution >= 4 is 11.6 Å². The van der Waals surface area contributed by atoms with E-state index in [2.05, 4.69) is 6.92 Å². The van der Waals surface area contributed by atoms with Gasteiger partial charge in [-0.2, -0.15) is 0 Å². The molecule has 0 aliphatic carbocycles. The quantitative estimate of drug-likeness (QED) is 0.895. The van der Waals surface area contributed by atoms with Crippen LogP contribution in [0.2, 0.25) is 5.02 Å². The lowest BCUT2D eigenvalue weighted by molar-refractivity contribution is 0.276. The Morgan fingerprint density at radius 2 is 1.78 bits per heavy atom. The number of para-hydroxylation sites is 1. The number of benzene rings is 2. The molecule has 1 N–H and O–H groups in total. The zero-order valence-electron chi connectivity index (χ0n) is 10.2. The third kappa shape index (κ3) is 2.84. The SMILES string of the molecule is CCc1ccccc1Oc1ccc(Cl)cc1CO. The molecule has 2 aromatic carbocycles. The van der Waals surface area contributed by atoms with Crippen LogP contribution in [0.15, 0.2) is 42.5 Å². The first-order chi connectivity index (χ1) is 8.74. The number of aliphatic hydroxyl groups is 1. The van der Waals surface area contributed by atoms with E-state index in [0.717, 1.165) is 17.7 Å². The maximum absolute atomic E-state index is 9.31. The number of aryl methyl sites for hydroxylation is 1. The second kappa shape index (κ2) is 5.89. The van der Waals surface area contributed by atoms with E-state index in [1.165, 1.54) is 0 Å². The predicted molar refractivity (Wildman–Crippen MR) is 73.3 cm³/mol. The summed E-state index contributed by atoms with van der Waals surface area (Å²) in [6.45, 7) is 1.99. The van der Waals surface area contributed by atoms with Gasteiger partial charge >= 0.3 is 0 Å². The molecule has 2 nitrogen and oxygen atoms in total. The minimum absolute atomic E-state index is 0.0931. The van der Waals surface area contributed by atoms with Gasteiger partial charge in [0.05, 0.1) is 6.61 Å². The molecule has 2 aromatic rings. The van der Waals surface area contributed by atoms with Gasteiger partial charge < -0.3 is 9.84 Å². The molecule has 0 radical (unpaired) electrons. The van der Waals surface area contributed by atoms with Gasteiger partial charge in [0.2, 0.25) is 0 Å². The fourth-order valence-corrected chi connectivity index (χ4v) is 1.98. The molecule has 3 heteroatoms. The molecular formula is C15H15ClO2. The monoisotopic (exact) mass is 262 g/mol. The standard InChI is InChI=1S/C15H15ClO2/c1-2-11-5-3-4-6-14(11)18-15-8-7-13(16)9-12(15)10-17/h3-9,17H,2,10H2,1H3. The Labute approximate surface area is 112 Å². The molecule has 0 saturated heterocycles. The number of hydrogen-bond acceptors (Lipinski definition) is 2. The van der Waals surface area contributed by atoms with Gasteiger partial charge in [0, 0.05) is 10.6 Å². The van der Waals surface area contributed by atoms with Gasteiger partial charge in [-0.15, -0.1) is 0 Å². The van der Waals surface area contributed by atoms with Crippen molar-refractivity contribution in [1.82, 2.24) is 0 Å². The Morgan fingerprint density at radius 3 is 2.50 bits per heavy atom. The van der Waals surface area contributed by atoms with E-state index in [9.17, 15) is 5.11 Å². The molecule has 0 aliphatic rings. The summed E-state index contributed by atoms with van der Waals surface area (Å²) in [4.78, 5) is 0. The highest BCUT2D eigenvalue weighted by atomic mass is 35.5. The lowest BCUT2D eigenvalue weighted by Crippen LogP contribution is -1.94. The first kappa shape index (κ1) is 12.9. The van der Waals surface area contributed by atoms with Gasteiger partial charge in [0.25, 0.3) is 0 Å². The molecule has 0 heterocycles. The van der Waals surface area contributed by atoms with Gasteiger partial charge in [-0.25, -0.2) is 0 Å². The fraction of sp³-hybridized carbons (Fsp3) is 0.200. The number of rotatable bonds is 4. The van der Waals surface area contributed by atoms with E-state index in [0.29, 0.717) is 16.3 Å². The van der Waals surface area contributed by atoms with Crippen LogP contribution in [0.3, 0.4) is 0 Å². The summed E-state index contributed by atoms with van der Waals surface area (Å²) in [5.41, 5.74) is 1.82. The van der Waals surface area contributed by atoms with Crippen LogP contribution >= 0.6 is 11.6 Å². The second-order valence-electron chi connectivity index (χ2n) is 3.97. The molecule has 0 saturated carbocycles. The summed E-state index contributed by atoms with van der Waals surface area (Å²) >= 11 is 5.89. The molecule has 0 fully saturated rings. The maximum atomic E-state index is 9.31. The molecule has 0 unspecified atom stereocenters. The summed E-state index contributed by atoms with van der Waals surface area (Å²) in [5, 5.41) is 9.90. The van der Waals surface area contributed by atoms with Gasteiger partial charge in [-0.1, -0.05) is 36.7 Å². The topological polar surface area (TPSA) is 29.5 Å². The number of halogens is 1. The van der Waals surface area contributed by atoms with Gasteiger partial charge in [0.15, 0.2) is 0 Å². The minimum atomic E-state index is -0.0931. The Morgan fingerprint density at radius 1 is 1.06 bits per heavy atom. The molecule has 0 bridgehead atoms. The highest BCUT2D eigenvalue weighted by molar-refractivity contribution is 6.30. The average Bonchev–Trinajstić information content (AvgIpc) is 2.41. The lowest BCUT2D eigenvalue weighted by atomic mass is 10.1. The van der Waals surface area contributed by atoms with Gasteiger partial charge in [-0.05, 0) is 36.2 Å². The van der Waals surface area contributed by atoms with Crippen LogP contribution < -0.4 is 4.74 Å². The first-order valence-corrected chi connectivity index (χ1v) is 6.27. The highest BCUT2D eigenvalue weighted by Gasteiger charge is 2.07. The van der Waals surface area contributed by atoms with E-state index in [4.69, 9.17) is 16.3 Å². The Balaban J connectivity index is 2.33. The number of hydrogen-bond donors (Lipinski definition) is 1. The second-order valence-corrected chi connectivity index (χ2v) is 4.41. The first-order valence-electron chi connectivity index (χ1n) is 5.89. The van der Waals surface area contributed by atoms with E-state index >= 15 is 0 Å². The maximum Gasteiger partial charge on any atom is 0.133 e. The smallest absolute Gasteiger partial charge is 0.133 e. The molecule has 0 spiro atoms. The molecule has 0 aliphatic heterocycles. The van der Waals surface area contributed by atoms with Crippen molar-refractivity contribution in [3.05, 3.63) is 58.6 Å². The molecule has 18 heavy (non-hydrogen) atoms. The van der Waals surface area contributed by atoms with Crippen LogP contribution in [0.5, 0.6) is 11.5 Å².